The van der Waals surface area contributed by atoms with E-state index in [4.69, 9.17) is 9.47 Å². The monoisotopic (exact) mass is 408 g/mol. The summed E-state index contributed by atoms with van der Waals surface area (Å²) in [6.45, 7) is 4.28. The highest BCUT2D eigenvalue weighted by Crippen LogP contribution is 2.34. The molecule has 2 aromatic carbocycles. The van der Waals surface area contributed by atoms with Gasteiger partial charge in [0.25, 0.3) is 0 Å². The second kappa shape index (κ2) is 8.38. The van der Waals surface area contributed by atoms with E-state index < -0.39 is 0 Å². The fourth-order valence-corrected chi connectivity index (χ4v) is 4.33. The molecule has 2 aliphatic heterocycles. The van der Waals surface area contributed by atoms with Crippen molar-refractivity contribution in [2.24, 2.45) is 5.92 Å². The number of carbonyl (C=O) groups is 2. The number of likely N-dealkylation sites (tertiary alicyclic amines) is 1. The molecule has 158 valence electrons. The zero-order chi connectivity index (χ0) is 21.3. The molecule has 2 amide bonds. The van der Waals surface area contributed by atoms with Gasteiger partial charge in [-0.15, -0.1) is 0 Å². The summed E-state index contributed by atoms with van der Waals surface area (Å²) in [5.41, 5.74) is 4.54. The molecule has 0 N–H and O–H groups in total. The van der Waals surface area contributed by atoms with E-state index in [-0.39, 0.29) is 17.7 Å². The van der Waals surface area contributed by atoms with Crippen LogP contribution in [0, 0.1) is 12.8 Å². The number of aryl methyl sites for hydroxylation is 1. The third-order valence-electron chi connectivity index (χ3n) is 6.09. The van der Waals surface area contributed by atoms with Gasteiger partial charge in [-0.25, -0.2) is 0 Å². The van der Waals surface area contributed by atoms with Crippen molar-refractivity contribution in [3.8, 4) is 11.5 Å². The quantitative estimate of drug-likeness (QED) is 0.763. The van der Waals surface area contributed by atoms with Gasteiger partial charge in [0.05, 0.1) is 20.1 Å². The van der Waals surface area contributed by atoms with Gasteiger partial charge in [0, 0.05) is 32.6 Å². The third-order valence-corrected chi connectivity index (χ3v) is 6.09. The van der Waals surface area contributed by atoms with Crippen LogP contribution >= 0.6 is 0 Å². The average Bonchev–Trinajstić information content (AvgIpc) is 3.13. The van der Waals surface area contributed by atoms with Crippen LogP contribution < -0.4 is 9.47 Å². The van der Waals surface area contributed by atoms with Crippen LogP contribution in [-0.2, 0) is 29.1 Å². The van der Waals surface area contributed by atoms with E-state index >= 15 is 0 Å². The maximum absolute atomic E-state index is 13.2. The first kappa shape index (κ1) is 20.3. The Hall–Kier alpha value is -3.02. The summed E-state index contributed by atoms with van der Waals surface area (Å²) in [5, 5.41) is 0. The first-order chi connectivity index (χ1) is 14.5. The second-order valence-electron chi connectivity index (χ2n) is 8.15. The predicted molar refractivity (Wildman–Crippen MR) is 113 cm³/mol. The normalized spacial score (nSPS) is 18.4. The fourth-order valence-electron chi connectivity index (χ4n) is 4.33. The number of fused-ring (bicyclic) bond motifs is 1. The molecule has 2 aromatic rings. The number of nitrogens with zero attached hydrogens (tertiary/aromatic N) is 2. The summed E-state index contributed by atoms with van der Waals surface area (Å²) in [4.78, 5) is 29.4. The molecule has 1 unspecified atom stereocenters. The Labute approximate surface area is 177 Å². The molecule has 0 spiro atoms. The molecule has 0 saturated carbocycles. The molecule has 2 aliphatic rings. The van der Waals surface area contributed by atoms with Crippen molar-refractivity contribution in [3.63, 3.8) is 0 Å². The Morgan fingerprint density at radius 3 is 2.40 bits per heavy atom. The number of hydrogen-bond acceptors (Lipinski definition) is 4. The van der Waals surface area contributed by atoms with Gasteiger partial charge >= 0.3 is 0 Å². The van der Waals surface area contributed by atoms with Gasteiger partial charge in [-0.3, -0.25) is 9.59 Å². The van der Waals surface area contributed by atoms with Gasteiger partial charge < -0.3 is 19.3 Å². The highest BCUT2D eigenvalue weighted by Gasteiger charge is 2.37. The number of ether oxygens (including phenoxy) is 2. The van der Waals surface area contributed by atoms with Crippen molar-refractivity contribution in [1.29, 1.82) is 0 Å². The molecule has 1 atom stereocenters. The SMILES string of the molecule is COc1cc2c(cc1OC)CN(C(=O)C1CC(=O)N(Cc3ccc(C)cc3)C1)CC2. The van der Waals surface area contributed by atoms with Crippen molar-refractivity contribution in [2.45, 2.75) is 32.9 Å². The molecule has 6 heteroatoms. The van der Waals surface area contributed by atoms with E-state index in [1.807, 2.05) is 48.2 Å². The van der Waals surface area contributed by atoms with Gasteiger partial charge in [0.2, 0.25) is 11.8 Å². The molecule has 30 heavy (non-hydrogen) atoms. The lowest BCUT2D eigenvalue weighted by atomic mass is 9.97. The molecule has 0 radical (unpaired) electrons. The van der Waals surface area contributed by atoms with E-state index in [0.29, 0.717) is 44.1 Å². The maximum Gasteiger partial charge on any atom is 0.228 e. The molecule has 0 aromatic heterocycles. The molecular weight excluding hydrogens is 380 g/mol. The predicted octanol–water partition coefficient (Wildman–Crippen LogP) is 2.95. The van der Waals surface area contributed by atoms with E-state index in [9.17, 15) is 9.59 Å². The number of amides is 2. The highest BCUT2D eigenvalue weighted by atomic mass is 16.5. The Bertz CT molecular complexity index is 954. The highest BCUT2D eigenvalue weighted by molar-refractivity contribution is 5.89. The van der Waals surface area contributed by atoms with Crippen LogP contribution in [0.3, 0.4) is 0 Å². The summed E-state index contributed by atoms with van der Waals surface area (Å²) in [5.74, 6) is 1.23. The number of rotatable bonds is 5. The minimum absolute atomic E-state index is 0.0535. The summed E-state index contributed by atoms with van der Waals surface area (Å²) in [6.07, 6.45) is 1.06. The van der Waals surface area contributed by atoms with E-state index in [1.165, 1.54) is 11.1 Å². The Kier molecular flexibility index (Phi) is 5.66. The van der Waals surface area contributed by atoms with Crippen molar-refractivity contribution < 1.29 is 19.1 Å². The fraction of sp³-hybridized carbons (Fsp3) is 0.417. The van der Waals surface area contributed by atoms with Gasteiger partial charge in [-0.05, 0) is 42.2 Å². The molecule has 4 rings (SSSR count). The van der Waals surface area contributed by atoms with Crippen LogP contribution in [0.5, 0.6) is 11.5 Å². The maximum atomic E-state index is 13.2. The molecule has 6 nitrogen and oxygen atoms in total. The van der Waals surface area contributed by atoms with Crippen LogP contribution in [0.4, 0.5) is 0 Å². The molecular formula is C24H28N2O4. The third kappa shape index (κ3) is 3.99. The van der Waals surface area contributed by atoms with Crippen LogP contribution in [0.2, 0.25) is 0 Å². The van der Waals surface area contributed by atoms with Crippen molar-refractivity contribution in [2.75, 3.05) is 27.3 Å². The lowest BCUT2D eigenvalue weighted by molar-refractivity contribution is -0.136. The summed E-state index contributed by atoms with van der Waals surface area (Å²) in [6, 6.07) is 12.1. The Morgan fingerprint density at radius 2 is 1.73 bits per heavy atom. The van der Waals surface area contributed by atoms with Gasteiger partial charge in [-0.2, -0.15) is 0 Å². The van der Waals surface area contributed by atoms with Crippen molar-refractivity contribution in [3.05, 3.63) is 58.7 Å². The van der Waals surface area contributed by atoms with Crippen LogP contribution in [0.25, 0.3) is 0 Å². The van der Waals surface area contributed by atoms with Crippen molar-refractivity contribution in [1.82, 2.24) is 9.80 Å². The number of methoxy groups -OCH3 is 2. The van der Waals surface area contributed by atoms with Gasteiger partial charge in [0.15, 0.2) is 11.5 Å². The second-order valence-corrected chi connectivity index (χ2v) is 8.15. The largest absolute Gasteiger partial charge is 0.493 e. The van der Waals surface area contributed by atoms with Crippen molar-refractivity contribution >= 4 is 11.8 Å². The first-order valence-electron chi connectivity index (χ1n) is 10.3. The standard InChI is InChI=1S/C24H28N2O4/c1-16-4-6-17(7-5-16)13-26-15-20(12-23(26)27)24(28)25-9-8-18-10-21(29-2)22(30-3)11-19(18)14-25/h4-7,10-11,20H,8-9,12-15H2,1-3H3. The summed E-state index contributed by atoms with van der Waals surface area (Å²) >= 11 is 0. The molecule has 1 saturated heterocycles. The number of benzene rings is 2. The van der Waals surface area contributed by atoms with Crippen LogP contribution in [0.1, 0.15) is 28.7 Å². The van der Waals surface area contributed by atoms with E-state index in [0.717, 1.165) is 17.5 Å². The number of hydrogen-bond donors (Lipinski definition) is 0. The topological polar surface area (TPSA) is 59.1 Å². The number of carbonyl (C=O) groups excluding carboxylic acids is 2. The smallest absolute Gasteiger partial charge is 0.228 e. The average molecular weight is 408 g/mol. The Balaban J connectivity index is 1.43. The minimum Gasteiger partial charge on any atom is -0.493 e. The summed E-state index contributed by atoms with van der Waals surface area (Å²) < 4.78 is 10.8. The van der Waals surface area contributed by atoms with Gasteiger partial charge in [0.1, 0.15) is 0 Å². The lowest BCUT2D eigenvalue weighted by Crippen LogP contribution is -2.40. The van der Waals surface area contributed by atoms with E-state index in [2.05, 4.69) is 0 Å². The summed E-state index contributed by atoms with van der Waals surface area (Å²) in [7, 11) is 3.24. The zero-order valence-electron chi connectivity index (χ0n) is 17.8. The zero-order valence-corrected chi connectivity index (χ0v) is 17.8. The van der Waals surface area contributed by atoms with Crippen LogP contribution in [-0.4, -0.2) is 48.9 Å². The molecule has 0 aliphatic carbocycles. The minimum atomic E-state index is -0.273. The Morgan fingerprint density at radius 1 is 1.07 bits per heavy atom. The first-order valence-corrected chi connectivity index (χ1v) is 10.3. The van der Waals surface area contributed by atoms with E-state index in [1.54, 1.807) is 19.1 Å². The van der Waals surface area contributed by atoms with Crippen LogP contribution in [0.15, 0.2) is 36.4 Å². The lowest BCUT2D eigenvalue weighted by Gasteiger charge is -2.31. The molecule has 2 heterocycles. The molecule has 0 bridgehead atoms. The van der Waals surface area contributed by atoms with Gasteiger partial charge in [-0.1, -0.05) is 29.8 Å². The molecule has 1 fully saturated rings.